The largest absolute Gasteiger partial charge is 0.489 e. The van der Waals surface area contributed by atoms with Crippen LogP contribution in [0.5, 0.6) is 5.75 Å². The summed E-state index contributed by atoms with van der Waals surface area (Å²) in [5, 5.41) is 12.9. The van der Waals surface area contributed by atoms with Gasteiger partial charge in [0.15, 0.2) is 5.84 Å². The van der Waals surface area contributed by atoms with Crippen LogP contribution in [0.4, 0.5) is 0 Å². The number of amidine groups is 1. The zero-order valence-corrected chi connectivity index (χ0v) is 11.1. The van der Waals surface area contributed by atoms with Crippen LogP contribution in [0.15, 0.2) is 35.6 Å². The van der Waals surface area contributed by atoms with E-state index < -0.39 is 0 Å². The van der Waals surface area contributed by atoms with E-state index in [1.807, 2.05) is 24.3 Å². The number of ether oxygens (including phenoxy) is 1. The zero-order valence-electron chi connectivity index (χ0n) is 11.1. The highest BCUT2D eigenvalue weighted by atomic mass is 16.5. The van der Waals surface area contributed by atoms with Crippen LogP contribution in [0.25, 0.3) is 10.9 Å². The lowest BCUT2D eigenvalue weighted by atomic mass is 10.1. The summed E-state index contributed by atoms with van der Waals surface area (Å²) in [5.74, 6) is 0.689. The third-order valence-corrected chi connectivity index (χ3v) is 3.70. The third kappa shape index (κ3) is 2.27. The molecule has 0 aliphatic heterocycles. The number of oxime groups is 1. The van der Waals surface area contributed by atoms with Gasteiger partial charge in [0.05, 0.1) is 17.2 Å². The lowest BCUT2D eigenvalue weighted by Gasteiger charge is -2.17. The van der Waals surface area contributed by atoms with E-state index in [0.29, 0.717) is 11.3 Å². The van der Waals surface area contributed by atoms with Crippen LogP contribution >= 0.6 is 0 Å². The summed E-state index contributed by atoms with van der Waals surface area (Å²) in [6, 6.07) is 7.73. The maximum Gasteiger partial charge on any atom is 0.175 e. The lowest BCUT2D eigenvalue weighted by molar-refractivity contribution is 0.212. The van der Waals surface area contributed by atoms with Gasteiger partial charge in [-0.2, -0.15) is 0 Å². The van der Waals surface area contributed by atoms with Crippen molar-refractivity contribution < 1.29 is 9.94 Å². The Hall–Kier alpha value is -2.30. The summed E-state index contributed by atoms with van der Waals surface area (Å²) >= 11 is 0. The van der Waals surface area contributed by atoms with Crippen LogP contribution in [-0.2, 0) is 0 Å². The van der Waals surface area contributed by atoms with Gasteiger partial charge < -0.3 is 15.7 Å². The molecule has 2 aromatic rings. The fraction of sp³-hybridized carbons (Fsp3) is 0.333. The standard InChI is InChI=1S/C15H17N3O2/c16-15(18-19)12-9-17-13-8-4-3-7-11(13)14(12)20-10-5-1-2-6-10/h3-4,7-10,19H,1-2,5-6H2,(H2,16,18). The Bertz CT molecular complexity index is 649. The molecule has 1 aliphatic rings. The van der Waals surface area contributed by atoms with Crippen LogP contribution in [0.2, 0.25) is 0 Å². The first-order valence-corrected chi connectivity index (χ1v) is 6.82. The zero-order chi connectivity index (χ0) is 13.9. The third-order valence-electron chi connectivity index (χ3n) is 3.70. The molecule has 1 heterocycles. The number of nitrogens with zero attached hydrogens (tertiary/aromatic N) is 2. The van der Waals surface area contributed by atoms with Crippen molar-refractivity contribution in [3.63, 3.8) is 0 Å². The molecule has 5 nitrogen and oxygen atoms in total. The van der Waals surface area contributed by atoms with E-state index in [1.54, 1.807) is 6.20 Å². The number of rotatable bonds is 3. The summed E-state index contributed by atoms with van der Waals surface area (Å²) in [6.07, 6.45) is 6.27. The normalized spacial score (nSPS) is 16.7. The maximum absolute atomic E-state index is 8.93. The molecule has 0 radical (unpaired) electrons. The molecule has 0 bridgehead atoms. The fourth-order valence-corrected chi connectivity index (χ4v) is 2.65. The van der Waals surface area contributed by atoms with Crippen LogP contribution in [0.3, 0.4) is 0 Å². The molecule has 1 aromatic carbocycles. The van der Waals surface area contributed by atoms with Gasteiger partial charge in [0.1, 0.15) is 5.75 Å². The minimum atomic E-state index is 0.0243. The van der Waals surface area contributed by atoms with Crippen molar-refractivity contribution in [3.05, 3.63) is 36.0 Å². The van der Waals surface area contributed by atoms with Crippen LogP contribution in [0.1, 0.15) is 31.2 Å². The molecule has 0 saturated heterocycles. The van der Waals surface area contributed by atoms with E-state index in [1.165, 1.54) is 12.8 Å². The van der Waals surface area contributed by atoms with Gasteiger partial charge in [-0.15, -0.1) is 0 Å². The number of benzene rings is 1. The number of pyridine rings is 1. The fourth-order valence-electron chi connectivity index (χ4n) is 2.65. The maximum atomic E-state index is 8.93. The predicted molar refractivity (Wildman–Crippen MR) is 77.1 cm³/mol. The first kappa shape index (κ1) is 12.7. The van der Waals surface area contributed by atoms with Gasteiger partial charge in [0, 0.05) is 11.6 Å². The number of aromatic nitrogens is 1. The van der Waals surface area contributed by atoms with Gasteiger partial charge in [0.2, 0.25) is 0 Å². The van der Waals surface area contributed by atoms with Crippen molar-refractivity contribution in [2.45, 2.75) is 31.8 Å². The Labute approximate surface area is 117 Å². The molecule has 3 N–H and O–H groups in total. The quantitative estimate of drug-likeness (QED) is 0.389. The van der Waals surface area contributed by atoms with Crippen molar-refractivity contribution in [1.82, 2.24) is 4.98 Å². The van der Waals surface area contributed by atoms with Gasteiger partial charge in [0.25, 0.3) is 0 Å². The number of para-hydroxylation sites is 1. The van der Waals surface area contributed by atoms with E-state index in [0.717, 1.165) is 23.7 Å². The molecule has 20 heavy (non-hydrogen) atoms. The number of fused-ring (bicyclic) bond motifs is 1. The molecular weight excluding hydrogens is 254 g/mol. The number of hydrogen-bond donors (Lipinski definition) is 2. The summed E-state index contributed by atoms with van der Waals surface area (Å²) in [6.45, 7) is 0. The molecule has 1 saturated carbocycles. The molecule has 0 amide bonds. The topological polar surface area (TPSA) is 80.7 Å². The highest BCUT2D eigenvalue weighted by molar-refractivity contribution is 6.04. The second-order valence-corrected chi connectivity index (χ2v) is 5.03. The SMILES string of the molecule is N/C(=N\O)c1cnc2ccccc2c1OC1CCCC1. The molecule has 0 atom stereocenters. The molecular formula is C15H17N3O2. The van der Waals surface area contributed by atoms with E-state index in [-0.39, 0.29) is 11.9 Å². The first-order chi connectivity index (χ1) is 9.79. The smallest absolute Gasteiger partial charge is 0.175 e. The minimum absolute atomic E-state index is 0.0243. The molecule has 0 unspecified atom stereocenters. The average molecular weight is 271 g/mol. The molecule has 0 spiro atoms. The molecule has 1 aliphatic carbocycles. The van der Waals surface area contributed by atoms with Gasteiger partial charge in [-0.3, -0.25) is 4.98 Å². The van der Waals surface area contributed by atoms with E-state index in [9.17, 15) is 0 Å². The summed E-state index contributed by atoms with van der Waals surface area (Å²) in [4.78, 5) is 4.33. The van der Waals surface area contributed by atoms with Crippen molar-refractivity contribution in [3.8, 4) is 5.75 Å². The van der Waals surface area contributed by atoms with Crippen molar-refractivity contribution in [2.24, 2.45) is 10.9 Å². The van der Waals surface area contributed by atoms with Crippen LogP contribution in [-0.4, -0.2) is 22.1 Å². The molecule has 1 fully saturated rings. The van der Waals surface area contributed by atoms with Gasteiger partial charge >= 0.3 is 0 Å². The molecule has 5 heteroatoms. The van der Waals surface area contributed by atoms with Gasteiger partial charge in [-0.05, 0) is 37.8 Å². The summed E-state index contributed by atoms with van der Waals surface area (Å²) in [5.41, 5.74) is 7.12. The second-order valence-electron chi connectivity index (χ2n) is 5.03. The Balaban J connectivity index is 2.12. The minimum Gasteiger partial charge on any atom is -0.489 e. The average Bonchev–Trinajstić information content (AvgIpc) is 3.00. The summed E-state index contributed by atoms with van der Waals surface area (Å²) in [7, 11) is 0. The number of hydrogen-bond acceptors (Lipinski definition) is 4. The Morgan fingerprint density at radius 2 is 2.05 bits per heavy atom. The monoisotopic (exact) mass is 271 g/mol. The van der Waals surface area contributed by atoms with E-state index >= 15 is 0 Å². The number of nitrogens with two attached hydrogens (primary N) is 1. The van der Waals surface area contributed by atoms with Gasteiger partial charge in [-0.25, -0.2) is 0 Å². The molecule has 104 valence electrons. The van der Waals surface area contributed by atoms with Crippen LogP contribution < -0.4 is 10.5 Å². The molecule has 3 rings (SSSR count). The van der Waals surface area contributed by atoms with Crippen molar-refractivity contribution >= 4 is 16.7 Å². The van der Waals surface area contributed by atoms with Gasteiger partial charge in [-0.1, -0.05) is 17.3 Å². The van der Waals surface area contributed by atoms with Crippen molar-refractivity contribution in [1.29, 1.82) is 0 Å². The van der Waals surface area contributed by atoms with Crippen LogP contribution in [0, 0.1) is 0 Å². The highest BCUT2D eigenvalue weighted by Gasteiger charge is 2.21. The summed E-state index contributed by atoms with van der Waals surface area (Å²) < 4.78 is 6.13. The lowest BCUT2D eigenvalue weighted by Crippen LogP contribution is -2.19. The highest BCUT2D eigenvalue weighted by Crippen LogP contribution is 2.32. The van der Waals surface area contributed by atoms with Crippen molar-refractivity contribution in [2.75, 3.05) is 0 Å². The predicted octanol–water partition coefficient (Wildman–Crippen LogP) is 2.65. The Kier molecular flexibility index (Phi) is 3.41. The van der Waals surface area contributed by atoms with E-state index in [2.05, 4.69) is 10.1 Å². The van der Waals surface area contributed by atoms with E-state index in [4.69, 9.17) is 15.7 Å². The first-order valence-electron chi connectivity index (χ1n) is 6.82. The Morgan fingerprint density at radius 3 is 2.80 bits per heavy atom. The Morgan fingerprint density at radius 1 is 1.30 bits per heavy atom. The molecule has 1 aromatic heterocycles. The second kappa shape index (κ2) is 5.36.